The molecule has 8 heteroatoms. The van der Waals surface area contributed by atoms with Gasteiger partial charge in [-0.3, -0.25) is 14.5 Å². The van der Waals surface area contributed by atoms with Gasteiger partial charge in [0.25, 0.3) is 5.91 Å². The van der Waals surface area contributed by atoms with E-state index in [9.17, 15) is 14.7 Å². The summed E-state index contributed by atoms with van der Waals surface area (Å²) in [5, 5.41) is 9.83. The number of rotatable bonds is 7. The number of ether oxygens (including phenoxy) is 1. The first-order valence-electron chi connectivity index (χ1n) is 12.2. The van der Waals surface area contributed by atoms with Gasteiger partial charge in [-0.25, -0.2) is 4.98 Å². The van der Waals surface area contributed by atoms with Crippen LogP contribution in [0, 0.1) is 17.8 Å². The van der Waals surface area contributed by atoms with E-state index in [1.54, 1.807) is 29.1 Å². The molecule has 3 atom stereocenters. The number of benzene rings is 1. The van der Waals surface area contributed by atoms with Gasteiger partial charge in [0.2, 0.25) is 11.8 Å². The Morgan fingerprint density at radius 3 is 2.67 bits per heavy atom. The highest BCUT2D eigenvalue weighted by Crippen LogP contribution is 2.27. The number of likely N-dealkylation sites (N-methyl/N-ethyl adjacent to an activating group) is 1. The predicted octanol–water partition coefficient (Wildman–Crippen LogP) is 1.92. The molecule has 192 valence electrons. The van der Waals surface area contributed by atoms with Crippen molar-refractivity contribution in [1.29, 1.82) is 0 Å². The van der Waals surface area contributed by atoms with E-state index in [4.69, 9.17) is 4.74 Å². The Morgan fingerprint density at radius 2 is 2.00 bits per heavy atom. The van der Waals surface area contributed by atoms with Crippen molar-refractivity contribution in [3.8, 4) is 17.7 Å². The zero-order chi connectivity index (χ0) is 26.2. The van der Waals surface area contributed by atoms with Crippen LogP contribution < -0.4 is 4.74 Å². The number of amides is 2. The molecule has 1 N–H and O–H groups in total. The first-order chi connectivity index (χ1) is 17.2. The highest BCUT2D eigenvalue weighted by Gasteiger charge is 2.34. The Kier molecular flexibility index (Phi) is 9.45. The molecule has 0 aliphatic carbocycles. The third kappa shape index (κ3) is 7.06. The van der Waals surface area contributed by atoms with Gasteiger partial charge in [0.05, 0.1) is 32.2 Å². The molecule has 0 bridgehead atoms. The van der Waals surface area contributed by atoms with Gasteiger partial charge in [0, 0.05) is 31.3 Å². The monoisotopic (exact) mass is 492 g/mol. The molecule has 0 unspecified atom stereocenters. The lowest BCUT2D eigenvalue weighted by atomic mass is 9.99. The van der Waals surface area contributed by atoms with E-state index in [0.29, 0.717) is 37.2 Å². The zero-order valence-corrected chi connectivity index (χ0v) is 21.8. The SMILES string of the molecule is C[C@@H]1CN([C@@H](C)CO)C(=O)c2cc(C#CCN(C)C)cnc2O[C@@H]1CN(C)C(=O)Cc1ccccc1. The number of aliphatic hydroxyl groups is 1. The summed E-state index contributed by atoms with van der Waals surface area (Å²) >= 11 is 0. The normalized spacial score (nSPS) is 18.3. The van der Waals surface area contributed by atoms with Crippen LogP contribution in [0.4, 0.5) is 0 Å². The molecule has 1 aromatic heterocycles. The Hall–Kier alpha value is -3.41. The topological polar surface area (TPSA) is 86.2 Å². The molecule has 0 spiro atoms. The van der Waals surface area contributed by atoms with Gasteiger partial charge in [-0.15, -0.1) is 0 Å². The fourth-order valence-corrected chi connectivity index (χ4v) is 3.97. The maximum atomic E-state index is 13.5. The summed E-state index contributed by atoms with van der Waals surface area (Å²) in [6, 6.07) is 10.9. The van der Waals surface area contributed by atoms with Crippen LogP contribution in [0.1, 0.15) is 35.3 Å². The van der Waals surface area contributed by atoms with Gasteiger partial charge in [-0.1, -0.05) is 49.1 Å². The second-order valence-corrected chi connectivity index (χ2v) is 9.68. The van der Waals surface area contributed by atoms with Crippen LogP contribution in [-0.4, -0.2) is 96.1 Å². The minimum Gasteiger partial charge on any atom is -0.472 e. The van der Waals surface area contributed by atoms with Crippen LogP contribution in [0.25, 0.3) is 0 Å². The van der Waals surface area contributed by atoms with Crippen molar-refractivity contribution in [2.75, 3.05) is 47.4 Å². The lowest BCUT2D eigenvalue weighted by Crippen LogP contribution is -2.50. The maximum Gasteiger partial charge on any atom is 0.259 e. The molecular formula is C28H36N4O4. The number of pyridine rings is 1. The van der Waals surface area contributed by atoms with Crippen LogP contribution in [-0.2, 0) is 11.2 Å². The average Bonchev–Trinajstić information content (AvgIpc) is 2.86. The van der Waals surface area contributed by atoms with E-state index in [2.05, 4.69) is 16.8 Å². The molecule has 0 radical (unpaired) electrons. The smallest absolute Gasteiger partial charge is 0.259 e. The van der Waals surface area contributed by atoms with Crippen molar-refractivity contribution >= 4 is 11.8 Å². The Bertz CT molecular complexity index is 1110. The van der Waals surface area contributed by atoms with Gasteiger partial charge in [-0.05, 0) is 32.6 Å². The molecule has 0 saturated carbocycles. The van der Waals surface area contributed by atoms with Gasteiger partial charge < -0.3 is 19.6 Å². The van der Waals surface area contributed by atoms with Gasteiger partial charge in [0.15, 0.2) is 0 Å². The summed E-state index contributed by atoms with van der Waals surface area (Å²) in [7, 11) is 5.63. The van der Waals surface area contributed by atoms with Gasteiger partial charge in [-0.2, -0.15) is 0 Å². The summed E-state index contributed by atoms with van der Waals surface area (Å²) in [5.41, 5.74) is 1.87. The molecule has 0 saturated heterocycles. The number of carbonyl (C=O) groups excluding carboxylic acids is 2. The Balaban J connectivity index is 1.87. The summed E-state index contributed by atoms with van der Waals surface area (Å²) < 4.78 is 6.28. The van der Waals surface area contributed by atoms with E-state index in [-0.39, 0.29) is 36.3 Å². The maximum absolute atomic E-state index is 13.5. The van der Waals surface area contributed by atoms with E-state index >= 15 is 0 Å². The number of aliphatic hydroxyl groups excluding tert-OH is 1. The van der Waals surface area contributed by atoms with Gasteiger partial charge >= 0.3 is 0 Å². The Labute approximate surface area is 213 Å². The van der Waals surface area contributed by atoms with Crippen molar-refractivity contribution in [1.82, 2.24) is 19.7 Å². The van der Waals surface area contributed by atoms with Crippen LogP contribution in [0.15, 0.2) is 42.6 Å². The molecule has 2 amide bonds. The van der Waals surface area contributed by atoms with Crippen molar-refractivity contribution in [2.45, 2.75) is 32.4 Å². The number of nitrogens with zero attached hydrogens (tertiary/aromatic N) is 4. The van der Waals surface area contributed by atoms with Crippen LogP contribution in [0.3, 0.4) is 0 Å². The molecule has 8 nitrogen and oxygen atoms in total. The van der Waals surface area contributed by atoms with Gasteiger partial charge in [0.1, 0.15) is 11.7 Å². The van der Waals surface area contributed by atoms with Crippen molar-refractivity contribution < 1.29 is 19.4 Å². The molecule has 1 aliphatic heterocycles. The van der Waals surface area contributed by atoms with Crippen molar-refractivity contribution in [3.05, 3.63) is 59.3 Å². The molecule has 0 fully saturated rings. The quantitative estimate of drug-likeness (QED) is 0.595. The highest BCUT2D eigenvalue weighted by atomic mass is 16.5. The van der Waals surface area contributed by atoms with E-state index in [1.165, 1.54) is 0 Å². The summed E-state index contributed by atoms with van der Waals surface area (Å²) in [6.45, 7) is 4.93. The van der Waals surface area contributed by atoms with Crippen molar-refractivity contribution in [2.24, 2.45) is 5.92 Å². The fourth-order valence-electron chi connectivity index (χ4n) is 3.97. The van der Waals surface area contributed by atoms with E-state index in [1.807, 2.05) is 63.2 Å². The molecule has 3 rings (SSSR count). The molecular weight excluding hydrogens is 456 g/mol. The predicted molar refractivity (Wildman–Crippen MR) is 139 cm³/mol. The Morgan fingerprint density at radius 1 is 1.28 bits per heavy atom. The second-order valence-electron chi connectivity index (χ2n) is 9.68. The van der Waals surface area contributed by atoms with Crippen LogP contribution in [0.5, 0.6) is 5.88 Å². The van der Waals surface area contributed by atoms with Crippen LogP contribution >= 0.6 is 0 Å². The van der Waals surface area contributed by atoms with E-state index in [0.717, 1.165) is 5.56 Å². The third-order valence-corrected chi connectivity index (χ3v) is 6.23. The summed E-state index contributed by atoms with van der Waals surface area (Å²) in [4.78, 5) is 36.1. The van der Waals surface area contributed by atoms with E-state index < -0.39 is 6.10 Å². The summed E-state index contributed by atoms with van der Waals surface area (Å²) in [6.07, 6.45) is 1.50. The zero-order valence-electron chi connectivity index (χ0n) is 21.8. The minimum atomic E-state index is -0.395. The standard InChI is InChI=1S/C28H36N4O4/c1-20-17-32(21(2)19-33)28(35)24-14-23(12-9-13-30(3)4)16-29-27(24)36-25(20)18-31(5)26(34)15-22-10-7-6-8-11-22/h6-8,10-11,14,16,20-21,25,33H,13,15,17-19H2,1-5H3/t20-,21+,25-/m1/s1. The first-order valence-corrected chi connectivity index (χ1v) is 12.2. The highest BCUT2D eigenvalue weighted by molar-refractivity contribution is 5.97. The second kappa shape index (κ2) is 12.5. The number of carbonyl (C=O) groups is 2. The molecule has 1 aliphatic rings. The number of fused-ring (bicyclic) bond motifs is 1. The third-order valence-electron chi connectivity index (χ3n) is 6.23. The first kappa shape index (κ1) is 27.2. The van der Waals surface area contributed by atoms with Crippen molar-refractivity contribution in [3.63, 3.8) is 0 Å². The lowest BCUT2D eigenvalue weighted by Gasteiger charge is -2.37. The number of hydrogen-bond acceptors (Lipinski definition) is 6. The fraction of sp³-hybridized carbons (Fsp3) is 0.464. The molecule has 2 aromatic rings. The summed E-state index contributed by atoms with van der Waals surface area (Å²) in [5.74, 6) is 5.94. The van der Waals surface area contributed by atoms with Crippen LogP contribution in [0.2, 0.25) is 0 Å². The number of hydrogen-bond donors (Lipinski definition) is 1. The molecule has 1 aromatic carbocycles. The molecule has 36 heavy (non-hydrogen) atoms. The molecule has 2 heterocycles. The lowest BCUT2D eigenvalue weighted by molar-refractivity contribution is -0.130. The minimum absolute atomic E-state index is 0.0181. The largest absolute Gasteiger partial charge is 0.472 e. The average molecular weight is 493 g/mol. The number of aromatic nitrogens is 1.